The number of fused-ring (bicyclic) bond motifs is 1. The predicted octanol–water partition coefficient (Wildman–Crippen LogP) is 3.61. The van der Waals surface area contributed by atoms with Gasteiger partial charge in [-0.15, -0.1) is 0 Å². The number of halogens is 1. The van der Waals surface area contributed by atoms with Crippen molar-refractivity contribution in [1.82, 2.24) is 14.9 Å². The Labute approximate surface area is 181 Å². The van der Waals surface area contributed by atoms with E-state index >= 15 is 0 Å². The molecule has 7 heteroatoms. The number of amides is 1. The van der Waals surface area contributed by atoms with Gasteiger partial charge in [-0.05, 0) is 56.4 Å². The quantitative estimate of drug-likeness (QED) is 0.762. The maximum atomic E-state index is 11.8. The third-order valence-electron chi connectivity index (χ3n) is 6.64. The monoisotopic (exact) mass is 424 g/mol. The number of carbonyl (C=O) groups is 1. The van der Waals surface area contributed by atoms with Gasteiger partial charge < -0.3 is 14.9 Å². The molecule has 1 amide bonds. The fourth-order valence-corrected chi connectivity index (χ4v) is 5.26. The van der Waals surface area contributed by atoms with Gasteiger partial charge >= 0.3 is 0 Å². The van der Waals surface area contributed by atoms with Gasteiger partial charge in [-0.1, -0.05) is 18.2 Å². The minimum absolute atomic E-state index is 0.00455. The van der Waals surface area contributed by atoms with Crippen LogP contribution in [0, 0.1) is 5.41 Å². The average Bonchev–Trinajstić information content (AvgIpc) is 3.19. The highest BCUT2D eigenvalue weighted by Gasteiger charge is 2.49. The second-order valence-electron chi connectivity index (χ2n) is 8.74. The molecular weight excluding hydrogens is 400 g/mol. The molecule has 2 aliphatic heterocycles. The molecule has 0 atom stereocenters. The molecule has 2 saturated heterocycles. The topological polar surface area (TPSA) is 69.6 Å². The van der Waals surface area contributed by atoms with E-state index in [1.165, 1.54) is 6.08 Å². The van der Waals surface area contributed by atoms with E-state index in [2.05, 4.69) is 11.5 Å². The lowest BCUT2D eigenvalue weighted by Gasteiger charge is -2.47. The highest BCUT2D eigenvalue weighted by molar-refractivity contribution is 6.33. The van der Waals surface area contributed by atoms with Gasteiger partial charge in [0.05, 0.1) is 10.7 Å². The number of nitrogens with zero attached hydrogens (tertiary/aromatic N) is 4. The van der Waals surface area contributed by atoms with E-state index in [-0.39, 0.29) is 17.1 Å². The lowest BCUT2D eigenvalue weighted by Crippen LogP contribution is -2.59. The summed E-state index contributed by atoms with van der Waals surface area (Å²) in [6.45, 7) is 6.84. The van der Waals surface area contributed by atoms with Crippen LogP contribution < -0.4 is 4.90 Å². The van der Waals surface area contributed by atoms with Crippen LogP contribution in [0.1, 0.15) is 30.5 Å². The molecule has 0 bridgehead atoms. The lowest BCUT2D eigenvalue weighted by atomic mass is 9.79. The summed E-state index contributed by atoms with van der Waals surface area (Å²) >= 11 is 6.49. The van der Waals surface area contributed by atoms with E-state index < -0.39 is 0 Å². The Morgan fingerprint density at radius 2 is 2.00 bits per heavy atom. The smallest absolute Gasteiger partial charge is 0.245 e. The van der Waals surface area contributed by atoms with Gasteiger partial charge in [-0.2, -0.15) is 0 Å². The van der Waals surface area contributed by atoms with Crippen molar-refractivity contribution in [3.8, 4) is 17.0 Å². The van der Waals surface area contributed by atoms with E-state index in [9.17, 15) is 9.90 Å². The zero-order chi connectivity index (χ0) is 20.9. The summed E-state index contributed by atoms with van der Waals surface area (Å²) in [5.74, 6) is 0.918. The highest BCUT2D eigenvalue weighted by Crippen LogP contribution is 2.42. The first-order valence-electron chi connectivity index (χ1n) is 10.5. The molecule has 5 rings (SSSR count). The first-order valence-corrected chi connectivity index (χ1v) is 10.9. The van der Waals surface area contributed by atoms with Gasteiger partial charge in [0.25, 0.3) is 0 Å². The Hall–Kier alpha value is -2.60. The largest absolute Gasteiger partial charge is 0.508 e. The summed E-state index contributed by atoms with van der Waals surface area (Å²) < 4.78 is 0. The van der Waals surface area contributed by atoms with Crippen LogP contribution in [-0.2, 0) is 17.6 Å². The number of aromatic hydroxyl groups is 1. The zero-order valence-electron chi connectivity index (χ0n) is 16.9. The molecule has 0 unspecified atom stereocenters. The van der Waals surface area contributed by atoms with Crippen LogP contribution in [0.5, 0.6) is 5.75 Å². The Morgan fingerprint density at radius 1 is 1.20 bits per heavy atom. The van der Waals surface area contributed by atoms with E-state index in [1.807, 2.05) is 4.90 Å². The van der Waals surface area contributed by atoms with Crippen molar-refractivity contribution in [1.29, 1.82) is 0 Å². The molecule has 3 aliphatic rings. The molecule has 0 radical (unpaired) electrons. The van der Waals surface area contributed by atoms with Crippen molar-refractivity contribution >= 4 is 23.5 Å². The minimum atomic E-state index is 0.00455. The Balaban J connectivity index is 1.48. The number of phenols is 1. The number of hydrogen-bond acceptors (Lipinski definition) is 5. The lowest BCUT2D eigenvalue weighted by molar-refractivity contribution is -0.136. The number of rotatable bonds is 3. The van der Waals surface area contributed by atoms with Gasteiger partial charge in [-0.25, -0.2) is 9.97 Å². The van der Waals surface area contributed by atoms with Crippen LogP contribution >= 0.6 is 11.6 Å². The van der Waals surface area contributed by atoms with Crippen molar-refractivity contribution in [2.75, 3.05) is 31.1 Å². The second kappa shape index (κ2) is 7.27. The SMILES string of the molecule is C=CC(=O)N1CC2(CCN(c3nc4c(c(-c5cc(O)ccc5Cl)n3)CCCC4)C2)C1. The summed E-state index contributed by atoms with van der Waals surface area (Å²) in [6, 6.07) is 5.00. The molecule has 6 nitrogen and oxygen atoms in total. The fourth-order valence-electron chi connectivity index (χ4n) is 5.05. The molecule has 1 spiro atoms. The van der Waals surface area contributed by atoms with Crippen LogP contribution in [0.15, 0.2) is 30.9 Å². The van der Waals surface area contributed by atoms with Gasteiger partial charge in [-0.3, -0.25) is 4.79 Å². The average molecular weight is 425 g/mol. The Kier molecular flexibility index (Phi) is 4.69. The maximum absolute atomic E-state index is 11.8. The Bertz CT molecular complexity index is 1030. The van der Waals surface area contributed by atoms with E-state index in [1.54, 1.807) is 18.2 Å². The molecule has 0 saturated carbocycles. The third kappa shape index (κ3) is 3.23. The number of anilines is 1. The number of phenolic OH excluding ortho intramolecular Hbond substituents is 1. The molecule has 1 aliphatic carbocycles. The number of aromatic nitrogens is 2. The number of likely N-dealkylation sites (tertiary alicyclic amines) is 1. The predicted molar refractivity (Wildman–Crippen MR) is 117 cm³/mol. The van der Waals surface area contributed by atoms with Crippen molar-refractivity contribution in [3.63, 3.8) is 0 Å². The van der Waals surface area contributed by atoms with E-state index in [4.69, 9.17) is 21.6 Å². The van der Waals surface area contributed by atoms with Gasteiger partial charge in [0, 0.05) is 48.4 Å². The van der Waals surface area contributed by atoms with Crippen LogP contribution in [-0.4, -0.2) is 52.1 Å². The maximum Gasteiger partial charge on any atom is 0.245 e. The molecule has 2 fully saturated rings. The van der Waals surface area contributed by atoms with E-state index in [0.29, 0.717) is 5.02 Å². The zero-order valence-corrected chi connectivity index (χ0v) is 17.7. The first kappa shape index (κ1) is 19.4. The first-order chi connectivity index (χ1) is 14.5. The van der Waals surface area contributed by atoms with Crippen molar-refractivity contribution in [2.45, 2.75) is 32.1 Å². The second-order valence-corrected chi connectivity index (χ2v) is 9.15. The number of carbonyl (C=O) groups excluding carboxylic acids is 1. The number of benzene rings is 1. The molecule has 3 heterocycles. The molecule has 156 valence electrons. The summed E-state index contributed by atoms with van der Waals surface area (Å²) in [5, 5.41) is 10.6. The van der Waals surface area contributed by atoms with Crippen molar-refractivity contribution in [2.24, 2.45) is 5.41 Å². The van der Waals surface area contributed by atoms with Gasteiger partial charge in [0.15, 0.2) is 0 Å². The van der Waals surface area contributed by atoms with E-state index in [0.717, 1.165) is 86.7 Å². The molecule has 1 aromatic carbocycles. The van der Waals surface area contributed by atoms with Crippen molar-refractivity contribution < 1.29 is 9.90 Å². The molecule has 1 aromatic heterocycles. The standard InChI is InChI=1S/C23H25ClN4O2/c1-2-20(30)28-13-23(14-28)9-10-27(12-23)22-25-19-6-4-3-5-16(19)21(26-22)17-11-15(29)7-8-18(17)24/h2,7-8,11,29H,1,3-6,9-10,12-14H2. The summed E-state index contributed by atoms with van der Waals surface area (Å²) in [5.41, 5.74) is 3.98. The number of aryl methyl sites for hydroxylation is 1. The minimum Gasteiger partial charge on any atom is -0.508 e. The molecule has 1 N–H and O–H groups in total. The van der Waals surface area contributed by atoms with Gasteiger partial charge in [0.2, 0.25) is 11.9 Å². The number of hydrogen-bond donors (Lipinski definition) is 1. The summed E-state index contributed by atoms with van der Waals surface area (Å²) in [7, 11) is 0. The normalized spacial score (nSPS) is 19.5. The molecule has 30 heavy (non-hydrogen) atoms. The molecular formula is C23H25ClN4O2. The Morgan fingerprint density at radius 3 is 2.80 bits per heavy atom. The van der Waals surface area contributed by atoms with Crippen LogP contribution in [0.3, 0.4) is 0 Å². The van der Waals surface area contributed by atoms with Gasteiger partial charge in [0.1, 0.15) is 5.75 Å². The third-order valence-corrected chi connectivity index (χ3v) is 6.97. The highest BCUT2D eigenvalue weighted by atomic mass is 35.5. The van der Waals surface area contributed by atoms with Crippen LogP contribution in [0.25, 0.3) is 11.3 Å². The van der Waals surface area contributed by atoms with Crippen molar-refractivity contribution in [3.05, 3.63) is 47.1 Å². The van der Waals surface area contributed by atoms with Crippen LogP contribution in [0.2, 0.25) is 5.02 Å². The summed E-state index contributed by atoms with van der Waals surface area (Å²) in [4.78, 5) is 25.8. The summed E-state index contributed by atoms with van der Waals surface area (Å²) in [6.07, 6.45) is 6.51. The molecule has 2 aromatic rings. The van der Waals surface area contributed by atoms with Crippen LogP contribution in [0.4, 0.5) is 5.95 Å². The fraction of sp³-hybridized carbons (Fsp3) is 0.435.